The summed E-state index contributed by atoms with van der Waals surface area (Å²) in [6.45, 7) is 2.42. The number of nitrogens with one attached hydrogen (secondary N) is 1. The van der Waals surface area contributed by atoms with Crippen molar-refractivity contribution >= 4 is 34.8 Å². The predicted molar refractivity (Wildman–Crippen MR) is 115 cm³/mol. The summed E-state index contributed by atoms with van der Waals surface area (Å²) >= 11 is 12.3. The quantitative estimate of drug-likeness (QED) is 0.696. The fourth-order valence-corrected chi connectivity index (χ4v) is 5.74. The molecule has 5 rings (SSSR count). The van der Waals surface area contributed by atoms with E-state index in [0.717, 1.165) is 18.4 Å². The van der Waals surface area contributed by atoms with E-state index in [2.05, 4.69) is 10.2 Å². The SMILES string of the molecule is C[C@@H](O)C1C[C@H](c2cccc(Cl)c2F)[C@]2(C(=O)Nc3cc(Cl)ccc32)N1CC1CC1. The van der Waals surface area contributed by atoms with Crippen LogP contribution in [0.3, 0.4) is 0 Å². The van der Waals surface area contributed by atoms with Crippen LogP contribution in [-0.4, -0.2) is 34.6 Å². The van der Waals surface area contributed by atoms with Crippen molar-refractivity contribution in [3.63, 3.8) is 0 Å². The van der Waals surface area contributed by atoms with Gasteiger partial charge in [-0.3, -0.25) is 9.69 Å². The molecule has 2 N–H and O–H groups in total. The van der Waals surface area contributed by atoms with Crippen molar-refractivity contribution in [3.8, 4) is 0 Å². The summed E-state index contributed by atoms with van der Waals surface area (Å²) in [6, 6.07) is 10.0. The van der Waals surface area contributed by atoms with E-state index in [1.165, 1.54) is 6.07 Å². The molecule has 0 bridgehead atoms. The molecule has 2 aliphatic heterocycles. The van der Waals surface area contributed by atoms with Crippen molar-refractivity contribution in [3.05, 3.63) is 63.4 Å². The number of aliphatic hydroxyl groups is 1. The highest BCUT2D eigenvalue weighted by molar-refractivity contribution is 6.31. The van der Waals surface area contributed by atoms with Crippen molar-refractivity contribution in [1.29, 1.82) is 0 Å². The van der Waals surface area contributed by atoms with Crippen molar-refractivity contribution in [2.24, 2.45) is 5.92 Å². The van der Waals surface area contributed by atoms with E-state index in [0.29, 0.717) is 35.2 Å². The second-order valence-corrected chi connectivity index (χ2v) is 9.59. The fraction of sp³-hybridized carbons (Fsp3) is 0.435. The third-order valence-corrected chi connectivity index (χ3v) is 7.41. The minimum Gasteiger partial charge on any atom is -0.392 e. The van der Waals surface area contributed by atoms with E-state index >= 15 is 4.39 Å². The lowest BCUT2D eigenvalue weighted by atomic mass is 9.75. The molecule has 0 aromatic heterocycles. The van der Waals surface area contributed by atoms with Crippen LogP contribution in [0.5, 0.6) is 0 Å². The van der Waals surface area contributed by atoms with Gasteiger partial charge in [-0.05, 0) is 55.9 Å². The Balaban J connectivity index is 1.76. The van der Waals surface area contributed by atoms with Crippen LogP contribution in [0.1, 0.15) is 43.2 Å². The van der Waals surface area contributed by atoms with Crippen LogP contribution in [0.15, 0.2) is 36.4 Å². The number of carbonyl (C=O) groups is 1. The minimum atomic E-state index is -1.12. The summed E-state index contributed by atoms with van der Waals surface area (Å²) in [5.41, 5.74) is 0.719. The highest BCUT2D eigenvalue weighted by Gasteiger charge is 2.64. The second kappa shape index (κ2) is 7.20. The topological polar surface area (TPSA) is 52.6 Å². The van der Waals surface area contributed by atoms with Gasteiger partial charge in [-0.15, -0.1) is 0 Å². The third-order valence-electron chi connectivity index (χ3n) is 6.89. The zero-order chi connectivity index (χ0) is 21.2. The Bertz CT molecular complexity index is 1030. The molecule has 1 unspecified atom stereocenters. The summed E-state index contributed by atoms with van der Waals surface area (Å²) in [4.78, 5) is 15.8. The molecule has 1 saturated carbocycles. The van der Waals surface area contributed by atoms with Crippen molar-refractivity contribution < 1.29 is 14.3 Å². The van der Waals surface area contributed by atoms with Crippen LogP contribution in [0.2, 0.25) is 10.0 Å². The number of hydrogen-bond acceptors (Lipinski definition) is 3. The molecule has 1 spiro atoms. The number of nitrogens with zero attached hydrogens (tertiary/aromatic N) is 1. The number of anilines is 1. The number of fused-ring (bicyclic) bond motifs is 2. The van der Waals surface area contributed by atoms with Crippen LogP contribution in [0, 0.1) is 11.7 Å². The van der Waals surface area contributed by atoms with Crippen LogP contribution in [-0.2, 0) is 10.3 Å². The molecule has 1 saturated heterocycles. The smallest absolute Gasteiger partial charge is 0.250 e. The zero-order valence-electron chi connectivity index (χ0n) is 16.5. The Labute approximate surface area is 185 Å². The van der Waals surface area contributed by atoms with E-state index in [4.69, 9.17) is 23.2 Å². The lowest BCUT2D eigenvalue weighted by Gasteiger charge is -2.40. The summed E-state index contributed by atoms with van der Waals surface area (Å²) in [6.07, 6.45) is 1.99. The average molecular weight is 449 g/mol. The molecule has 1 amide bonds. The van der Waals surface area contributed by atoms with Crippen LogP contribution < -0.4 is 5.32 Å². The van der Waals surface area contributed by atoms with Crippen molar-refractivity contribution in [2.45, 2.75) is 49.8 Å². The van der Waals surface area contributed by atoms with Gasteiger partial charge in [0.1, 0.15) is 11.4 Å². The van der Waals surface area contributed by atoms with E-state index < -0.39 is 23.4 Å². The largest absolute Gasteiger partial charge is 0.392 e. The van der Waals surface area contributed by atoms with Gasteiger partial charge in [-0.25, -0.2) is 4.39 Å². The number of aliphatic hydroxyl groups excluding tert-OH is 1. The van der Waals surface area contributed by atoms with E-state index in [1.807, 2.05) is 6.07 Å². The molecule has 2 aromatic carbocycles. The molecule has 4 nitrogen and oxygen atoms in total. The standard InChI is InChI=1S/C23H23Cl2FN2O2/c1-12(29)20-10-17(15-3-2-4-18(25)21(15)26)23(28(20)11-13-5-6-13)16-8-7-14(24)9-19(16)27-22(23)30/h2-4,7-9,12-13,17,20,29H,5-6,10-11H2,1H3,(H,27,30)/t12-,17-,20?,23-/m1/s1. The highest BCUT2D eigenvalue weighted by Crippen LogP contribution is 2.58. The van der Waals surface area contributed by atoms with Gasteiger partial charge in [-0.1, -0.05) is 41.4 Å². The van der Waals surface area contributed by atoms with Crippen LogP contribution in [0.4, 0.5) is 10.1 Å². The molecule has 30 heavy (non-hydrogen) atoms. The van der Waals surface area contributed by atoms with Crippen molar-refractivity contribution in [1.82, 2.24) is 4.90 Å². The third kappa shape index (κ3) is 2.90. The molecule has 158 valence electrons. The predicted octanol–water partition coefficient (Wildman–Crippen LogP) is 4.93. The highest BCUT2D eigenvalue weighted by atomic mass is 35.5. The molecule has 0 radical (unpaired) electrons. The molecular formula is C23H23Cl2FN2O2. The number of benzene rings is 2. The maximum absolute atomic E-state index is 15.2. The molecule has 2 aromatic rings. The molecule has 1 aliphatic carbocycles. The second-order valence-electron chi connectivity index (χ2n) is 8.75. The van der Waals surface area contributed by atoms with Crippen molar-refractivity contribution in [2.75, 3.05) is 11.9 Å². The van der Waals surface area contributed by atoms with Gasteiger partial charge in [0.05, 0.1) is 11.1 Å². The van der Waals surface area contributed by atoms with E-state index in [9.17, 15) is 9.90 Å². The fourth-order valence-electron chi connectivity index (χ4n) is 5.38. The number of hydrogen-bond donors (Lipinski definition) is 2. The van der Waals surface area contributed by atoms with Gasteiger partial charge >= 0.3 is 0 Å². The van der Waals surface area contributed by atoms with Gasteiger partial charge in [0.15, 0.2) is 0 Å². The Morgan fingerprint density at radius 2 is 2.07 bits per heavy atom. The number of rotatable bonds is 4. The van der Waals surface area contributed by atoms with E-state index in [-0.39, 0.29) is 17.0 Å². The first-order valence-corrected chi connectivity index (χ1v) is 11.1. The maximum atomic E-state index is 15.2. The lowest BCUT2D eigenvalue weighted by molar-refractivity contribution is -0.128. The monoisotopic (exact) mass is 448 g/mol. The minimum absolute atomic E-state index is 0.0339. The van der Waals surface area contributed by atoms with Crippen LogP contribution in [0.25, 0.3) is 0 Å². The summed E-state index contributed by atoms with van der Waals surface area (Å²) in [7, 11) is 0. The average Bonchev–Trinajstić information content (AvgIpc) is 3.38. The molecule has 2 fully saturated rings. The summed E-state index contributed by atoms with van der Waals surface area (Å²) in [5.74, 6) is -0.712. The van der Waals surface area contributed by atoms with E-state index in [1.54, 1.807) is 31.2 Å². The first kappa shape index (κ1) is 20.3. The molecule has 4 atom stereocenters. The van der Waals surface area contributed by atoms with Crippen LogP contribution >= 0.6 is 23.2 Å². The number of halogens is 3. The molecular weight excluding hydrogens is 426 g/mol. The van der Waals surface area contributed by atoms with Gasteiger partial charge in [0.25, 0.3) is 0 Å². The number of carbonyl (C=O) groups excluding carboxylic acids is 1. The Morgan fingerprint density at radius 1 is 1.30 bits per heavy atom. The van der Waals surface area contributed by atoms with Gasteiger partial charge in [0, 0.05) is 34.8 Å². The molecule has 3 aliphatic rings. The van der Waals surface area contributed by atoms with Gasteiger partial charge in [0.2, 0.25) is 5.91 Å². The van der Waals surface area contributed by atoms with Gasteiger partial charge in [-0.2, -0.15) is 0 Å². The number of amides is 1. The first-order valence-electron chi connectivity index (χ1n) is 10.3. The number of likely N-dealkylation sites (tertiary alicyclic amines) is 1. The Morgan fingerprint density at radius 3 is 2.77 bits per heavy atom. The summed E-state index contributed by atoms with van der Waals surface area (Å²) < 4.78 is 15.2. The lowest BCUT2D eigenvalue weighted by Crippen LogP contribution is -2.54. The Hall–Kier alpha value is -1.66. The van der Waals surface area contributed by atoms with Gasteiger partial charge < -0.3 is 10.4 Å². The molecule has 7 heteroatoms. The Kier molecular flexibility index (Phi) is 4.86. The first-order chi connectivity index (χ1) is 14.3. The summed E-state index contributed by atoms with van der Waals surface area (Å²) in [5, 5.41) is 14.2. The zero-order valence-corrected chi connectivity index (χ0v) is 18.1. The maximum Gasteiger partial charge on any atom is 0.250 e. The normalized spacial score (nSPS) is 29.3. The molecule has 2 heterocycles.